The van der Waals surface area contributed by atoms with Gasteiger partial charge in [0, 0.05) is 35.2 Å². The molecular formula is C30H32N2O10S. The Labute approximate surface area is 251 Å². The molecule has 2 fully saturated rings. The number of piperazine rings is 1. The fourth-order valence-electron chi connectivity index (χ4n) is 7.71. The number of benzene rings is 2. The zero-order valence-electron chi connectivity index (χ0n) is 24.3. The number of hydrogen-bond donors (Lipinski definition) is 2. The lowest BCUT2D eigenvalue weighted by molar-refractivity contribution is -0.184. The number of phenolic OH excluding ortho intramolecular Hbond substituents is 1. The number of ether oxygens (including phenoxy) is 5. The third-order valence-electron chi connectivity index (χ3n) is 9.37. The van der Waals surface area contributed by atoms with Crippen LogP contribution < -0.4 is 18.9 Å². The number of nitrogens with zero attached hydrogens (tertiary/aromatic N) is 2. The smallest absolute Gasteiger partial charge is 0.375 e. The van der Waals surface area contributed by atoms with Crippen LogP contribution in [-0.4, -0.2) is 89.4 Å². The first-order chi connectivity index (χ1) is 20.5. The quantitative estimate of drug-likeness (QED) is 0.291. The van der Waals surface area contributed by atoms with E-state index in [9.17, 15) is 24.6 Å². The highest BCUT2D eigenvalue weighted by Crippen LogP contribution is 2.63. The summed E-state index contributed by atoms with van der Waals surface area (Å²) in [6, 6.07) is -0.238. The molecule has 2 N–H and O–H groups in total. The van der Waals surface area contributed by atoms with Gasteiger partial charge < -0.3 is 33.9 Å². The van der Waals surface area contributed by atoms with Gasteiger partial charge in [-0.25, -0.2) is 4.79 Å². The Kier molecular flexibility index (Phi) is 6.58. The number of aliphatic hydroxyl groups excluding tert-OH is 1. The molecule has 43 heavy (non-hydrogen) atoms. The number of rotatable bonds is 2. The Morgan fingerprint density at radius 3 is 2.56 bits per heavy atom. The predicted molar refractivity (Wildman–Crippen MR) is 152 cm³/mol. The van der Waals surface area contributed by atoms with E-state index in [0.717, 1.165) is 11.1 Å². The zero-order valence-corrected chi connectivity index (χ0v) is 25.1. The summed E-state index contributed by atoms with van der Waals surface area (Å²) in [7, 11) is 3.42. The Morgan fingerprint density at radius 1 is 1.09 bits per heavy atom. The van der Waals surface area contributed by atoms with E-state index in [0.29, 0.717) is 45.9 Å². The van der Waals surface area contributed by atoms with Crippen molar-refractivity contribution in [2.75, 3.05) is 33.3 Å². The number of carbonyl (C=O) groups is 3. The van der Waals surface area contributed by atoms with Gasteiger partial charge in [0.2, 0.25) is 12.6 Å². The number of phenols is 1. The van der Waals surface area contributed by atoms with Crippen molar-refractivity contribution >= 4 is 29.5 Å². The van der Waals surface area contributed by atoms with Crippen molar-refractivity contribution in [3.63, 3.8) is 0 Å². The summed E-state index contributed by atoms with van der Waals surface area (Å²) in [6.07, 6.45) is -0.582. The van der Waals surface area contributed by atoms with Crippen molar-refractivity contribution in [1.29, 1.82) is 0 Å². The number of methoxy groups -OCH3 is 1. The summed E-state index contributed by atoms with van der Waals surface area (Å²) < 4.78 is 28.9. The largest absolute Gasteiger partial charge is 0.504 e. The molecule has 0 saturated carbocycles. The van der Waals surface area contributed by atoms with Crippen LogP contribution in [0.1, 0.15) is 57.6 Å². The Morgan fingerprint density at radius 2 is 1.84 bits per heavy atom. The van der Waals surface area contributed by atoms with Gasteiger partial charge in [-0.2, -0.15) is 0 Å². The first kappa shape index (κ1) is 28.3. The second-order valence-corrected chi connectivity index (χ2v) is 12.7. The number of ketones is 1. The predicted octanol–water partition coefficient (Wildman–Crippen LogP) is 2.23. The number of carbonyl (C=O) groups excluding carboxylic acids is 3. The number of cyclic esters (lactones) is 1. The lowest BCUT2D eigenvalue weighted by atomic mass is 9.73. The highest BCUT2D eigenvalue weighted by molar-refractivity contribution is 8.00. The summed E-state index contributed by atoms with van der Waals surface area (Å²) in [5.41, 5.74) is 4.10. The highest BCUT2D eigenvalue weighted by Gasteiger charge is 2.60. The number of aryl methyl sites for hydroxylation is 1. The van der Waals surface area contributed by atoms with Crippen LogP contribution in [0.25, 0.3) is 0 Å². The summed E-state index contributed by atoms with van der Waals surface area (Å²) in [4.78, 5) is 42.0. The molecule has 2 aromatic carbocycles. The standard InChI is InChI=1S/C30H32N2O10S/c1-11-6-14-7-15-29(36)32-16-8-39-30(37)17(34)9-43-28(22(32)21(31(15)4)18(14)23(35)24(11)38-5)20-19(16)27-26(40-10-41-27)12(2)25(20)42-13(3)33/h6,15-16,21-22,28-29,35-36H,7-10H2,1-5H3/t15?,16-,21?,22?,28+,29-/m0/s1. The van der Waals surface area contributed by atoms with Gasteiger partial charge in [0.25, 0.3) is 0 Å². The average molecular weight is 613 g/mol. The number of thioether (sulfide) groups is 1. The third kappa shape index (κ3) is 3.91. The summed E-state index contributed by atoms with van der Waals surface area (Å²) >= 11 is 1.21. The number of hydrogen-bond acceptors (Lipinski definition) is 13. The van der Waals surface area contributed by atoms with Crippen LogP contribution in [0.5, 0.6) is 28.7 Å². The first-order valence-corrected chi connectivity index (χ1v) is 15.1. The van der Waals surface area contributed by atoms with Crippen LogP contribution in [0.15, 0.2) is 6.07 Å². The van der Waals surface area contributed by atoms with Crippen molar-refractivity contribution in [2.24, 2.45) is 0 Å². The third-order valence-corrected chi connectivity index (χ3v) is 10.7. The summed E-state index contributed by atoms with van der Waals surface area (Å²) in [5, 5.41) is 23.2. The van der Waals surface area contributed by atoms with Crippen LogP contribution in [0, 0.1) is 13.8 Å². The van der Waals surface area contributed by atoms with Crippen LogP contribution >= 0.6 is 11.8 Å². The molecule has 3 unspecified atom stereocenters. The highest BCUT2D eigenvalue weighted by atomic mass is 32.2. The molecule has 4 bridgehead atoms. The molecule has 13 heteroatoms. The van der Waals surface area contributed by atoms with Gasteiger partial charge >= 0.3 is 11.9 Å². The van der Waals surface area contributed by atoms with E-state index in [-0.39, 0.29) is 36.7 Å². The molecule has 5 heterocycles. The number of aliphatic hydroxyl groups is 1. The van der Waals surface area contributed by atoms with E-state index < -0.39 is 47.3 Å². The fourth-order valence-corrected chi connectivity index (χ4v) is 9.04. The van der Waals surface area contributed by atoms with E-state index in [4.69, 9.17) is 23.7 Å². The molecule has 0 amide bonds. The molecule has 12 nitrogen and oxygen atoms in total. The van der Waals surface area contributed by atoms with Crippen LogP contribution in [-0.2, 0) is 25.5 Å². The van der Waals surface area contributed by atoms with Gasteiger partial charge in [-0.05, 0) is 38.4 Å². The number of aromatic hydroxyl groups is 1. The molecule has 2 saturated heterocycles. The molecular weight excluding hydrogens is 580 g/mol. The first-order valence-electron chi connectivity index (χ1n) is 14.1. The maximum atomic E-state index is 12.9. The SMILES string of the molecule is COc1c(C)cc2c(c1O)C1C3[C@@H]4SCC(=O)C(=O)OC[C@@H](c5c6c(c(C)c(OC(C)=O)c54)OCO6)N3[C@@H](O)C(C2)N1C. The molecule has 2 aromatic rings. The van der Waals surface area contributed by atoms with Crippen molar-refractivity contribution in [2.45, 2.75) is 62.8 Å². The van der Waals surface area contributed by atoms with E-state index in [2.05, 4.69) is 4.90 Å². The van der Waals surface area contributed by atoms with Crippen molar-refractivity contribution in [3.8, 4) is 28.7 Å². The number of esters is 2. The van der Waals surface area contributed by atoms with Crippen LogP contribution in [0.4, 0.5) is 0 Å². The van der Waals surface area contributed by atoms with Gasteiger partial charge in [-0.15, -0.1) is 11.8 Å². The van der Waals surface area contributed by atoms with Crippen LogP contribution in [0.2, 0.25) is 0 Å². The van der Waals surface area contributed by atoms with E-state index >= 15 is 0 Å². The lowest BCUT2D eigenvalue weighted by Crippen LogP contribution is -2.69. The van der Waals surface area contributed by atoms with Gasteiger partial charge in [0.15, 0.2) is 23.0 Å². The second-order valence-electron chi connectivity index (χ2n) is 11.6. The van der Waals surface area contributed by atoms with Crippen molar-refractivity contribution < 1.29 is 48.3 Å². The minimum Gasteiger partial charge on any atom is -0.504 e. The fraction of sp³-hybridized carbons (Fsp3) is 0.500. The van der Waals surface area contributed by atoms with Crippen molar-refractivity contribution in [3.05, 3.63) is 39.4 Å². The van der Waals surface area contributed by atoms with E-state index in [1.165, 1.54) is 25.8 Å². The molecule has 228 valence electrons. The number of Topliss-reactive ketones (excluding diaryl/α,β-unsaturated/α-hetero) is 1. The number of likely N-dealkylation sites (N-methyl/N-ethyl adjacent to an activating group) is 1. The minimum absolute atomic E-state index is 0.0203. The van der Waals surface area contributed by atoms with Gasteiger partial charge in [-0.3, -0.25) is 19.4 Å². The number of fused-ring (bicyclic) bond motifs is 9. The topological polar surface area (TPSA) is 144 Å². The summed E-state index contributed by atoms with van der Waals surface area (Å²) in [5.74, 6) is -0.882. The van der Waals surface area contributed by atoms with E-state index in [1.54, 1.807) is 6.92 Å². The second kappa shape index (κ2) is 10.0. The molecule has 0 aliphatic carbocycles. The monoisotopic (exact) mass is 612 g/mol. The van der Waals surface area contributed by atoms with Crippen molar-refractivity contribution in [1.82, 2.24) is 9.80 Å². The lowest BCUT2D eigenvalue weighted by Gasteiger charge is -2.61. The molecule has 5 aliphatic rings. The Bertz CT molecular complexity index is 1590. The average Bonchev–Trinajstić information content (AvgIpc) is 3.45. The minimum atomic E-state index is -1.03. The van der Waals surface area contributed by atoms with Gasteiger partial charge in [-0.1, -0.05) is 6.07 Å². The normalized spacial score (nSPS) is 29.3. The molecule has 7 rings (SSSR count). The zero-order chi connectivity index (χ0) is 30.5. The van der Waals surface area contributed by atoms with Crippen LogP contribution in [0.3, 0.4) is 0 Å². The molecule has 5 aliphatic heterocycles. The van der Waals surface area contributed by atoms with E-state index in [1.807, 2.05) is 24.9 Å². The Hall–Kier alpha value is -3.52. The summed E-state index contributed by atoms with van der Waals surface area (Å²) in [6.45, 7) is 4.63. The van der Waals surface area contributed by atoms with Gasteiger partial charge in [0.05, 0.1) is 36.2 Å². The van der Waals surface area contributed by atoms with Gasteiger partial charge in [0.1, 0.15) is 18.6 Å². The maximum Gasteiger partial charge on any atom is 0.375 e. The molecule has 6 atom stereocenters. The Balaban J connectivity index is 1.55. The molecule has 0 aromatic heterocycles. The maximum absolute atomic E-state index is 12.9. The molecule has 0 spiro atoms. The molecule has 0 radical (unpaired) electrons.